The molecule has 0 saturated heterocycles. The van der Waals surface area contributed by atoms with E-state index in [-0.39, 0.29) is 17.5 Å². The average molecular weight is 232 g/mol. The molecule has 82 valence electrons. The number of rotatable bonds is 3. The Balaban J connectivity index is 2.62. The molecule has 0 aliphatic carbocycles. The molecule has 0 saturated carbocycles. The second-order valence-electron chi connectivity index (χ2n) is 3.15. The lowest BCUT2D eigenvalue weighted by Crippen LogP contribution is -2.27. The quantitative estimate of drug-likeness (QED) is 0.796. The predicted octanol–water partition coefficient (Wildman–Crippen LogP) is 1.95. The summed E-state index contributed by atoms with van der Waals surface area (Å²) in [5.74, 6) is -0.324. The summed E-state index contributed by atoms with van der Waals surface area (Å²) in [6, 6.07) is 3.75. The normalized spacial score (nSPS) is 9.87. The first-order valence-electron chi connectivity index (χ1n) is 4.28. The Morgan fingerprint density at radius 1 is 1.53 bits per heavy atom. The molecule has 0 radical (unpaired) electrons. The zero-order valence-corrected chi connectivity index (χ0v) is 9.21. The van der Waals surface area contributed by atoms with Crippen LogP contribution >= 0.6 is 11.6 Å². The molecule has 0 spiro atoms. The van der Waals surface area contributed by atoms with Crippen molar-refractivity contribution in [3.05, 3.63) is 29.0 Å². The summed E-state index contributed by atoms with van der Waals surface area (Å²) >= 11 is 5.70. The molecule has 1 rings (SSSR count). The van der Waals surface area contributed by atoms with Gasteiger partial charge in [-0.2, -0.15) is 0 Å². The van der Waals surface area contributed by atoms with Crippen molar-refractivity contribution in [2.75, 3.05) is 20.7 Å². The highest BCUT2D eigenvalue weighted by Gasteiger charge is 2.07. The van der Waals surface area contributed by atoms with Crippen molar-refractivity contribution in [1.82, 2.24) is 4.90 Å². The van der Waals surface area contributed by atoms with Crippen molar-refractivity contribution in [2.45, 2.75) is 0 Å². The number of ether oxygens (including phenoxy) is 1. The maximum Gasteiger partial charge on any atom is 0.259 e. The van der Waals surface area contributed by atoms with Gasteiger partial charge in [-0.15, -0.1) is 0 Å². The Hall–Kier alpha value is -1.29. The van der Waals surface area contributed by atoms with Gasteiger partial charge < -0.3 is 9.64 Å². The minimum atomic E-state index is -0.439. The lowest BCUT2D eigenvalue weighted by Gasteiger charge is -2.11. The summed E-state index contributed by atoms with van der Waals surface area (Å²) < 4.78 is 17.8. The highest BCUT2D eigenvalue weighted by Crippen LogP contribution is 2.24. The second-order valence-corrected chi connectivity index (χ2v) is 3.56. The summed E-state index contributed by atoms with van der Waals surface area (Å²) in [5, 5.41) is 0.154. The van der Waals surface area contributed by atoms with E-state index in [4.69, 9.17) is 16.3 Å². The van der Waals surface area contributed by atoms with Crippen molar-refractivity contribution >= 4 is 17.5 Å². The molecule has 5 heteroatoms. The molecule has 0 aromatic heterocycles. The predicted molar refractivity (Wildman–Crippen MR) is 55.6 cm³/mol. The van der Waals surface area contributed by atoms with Gasteiger partial charge in [0.25, 0.3) is 5.91 Å². The van der Waals surface area contributed by atoms with Crippen LogP contribution in [0.1, 0.15) is 0 Å². The summed E-state index contributed by atoms with van der Waals surface area (Å²) in [6.45, 7) is -0.113. The van der Waals surface area contributed by atoms with E-state index in [1.165, 1.54) is 17.0 Å². The van der Waals surface area contributed by atoms with Gasteiger partial charge >= 0.3 is 0 Å². The smallest absolute Gasteiger partial charge is 0.259 e. The first-order valence-corrected chi connectivity index (χ1v) is 4.66. The number of hydrogen-bond acceptors (Lipinski definition) is 2. The monoisotopic (exact) mass is 231 g/mol. The van der Waals surface area contributed by atoms with Crippen LogP contribution in [0.5, 0.6) is 5.75 Å². The highest BCUT2D eigenvalue weighted by molar-refractivity contribution is 6.32. The molecule has 1 amide bonds. The van der Waals surface area contributed by atoms with E-state index in [0.29, 0.717) is 5.75 Å². The van der Waals surface area contributed by atoms with Gasteiger partial charge in [-0.1, -0.05) is 11.6 Å². The summed E-state index contributed by atoms with van der Waals surface area (Å²) in [6.07, 6.45) is 0. The zero-order chi connectivity index (χ0) is 11.4. The fourth-order valence-corrected chi connectivity index (χ4v) is 1.08. The van der Waals surface area contributed by atoms with E-state index >= 15 is 0 Å². The van der Waals surface area contributed by atoms with Crippen LogP contribution in [0.2, 0.25) is 5.02 Å². The molecule has 3 nitrogen and oxygen atoms in total. The minimum Gasteiger partial charge on any atom is -0.482 e. The molecule has 1 aromatic rings. The lowest BCUT2D eigenvalue weighted by molar-refractivity contribution is -0.130. The second kappa shape index (κ2) is 4.98. The SMILES string of the molecule is CN(C)C(=O)COc1ccc(F)cc1Cl. The van der Waals surface area contributed by atoms with Crippen molar-refractivity contribution < 1.29 is 13.9 Å². The van der Waals surface area contributed by atoms with E-state index in [1.54, 1.807) is 14.1 Å². The standard InChI is InChI=1S/C10H11ClFNO2/c1-13(2)10(14)6-15-9-4-3-7(12)5-8(9)11/h3-5H,6H2,1-2H3. The molecule has 0 N–H and O–H groups in total. The molecular formula is C10H11ClFNO2. The van der Waals surface area contributed by atoms with Crippen molar-refractivity contribution in [3.8, 4) is 5.75 Å². The van der Waals surface area contributed by atoms with Gasteiger partial charge in [0, 0.05) is 14.1 Å². The average Bonchev–Trinajstić information content (AvgIpc) is 2.15. The summed E-state index contributed by atoms with van der Waals surface area (Å²) in [7, 11) is 3.25. The number of hydrogen-bond donors (Lipinski definition) is 0. The maximum atomic E-state index is 12.7. The van der Waals surface area contributed by atoms with Crippen molar-refractivity contribution in [3.63, 3.8) is 0 Å². The number of halogens is 2. The van der Waals surface area contributed by atoms with Gasteiger partial charge in [0.1, 0.15) is 11.6 Å². The number of likely N-dealkylation sites (N-methyl/N-ethyl adjacent to an activating group) is 1. The van der Waals surface area contributed by atoms with E-state index in [0.717, 1.165) is 6.07 Å². The van der Waals surface area contributed by atoms with Crippen LogP contribution in [-0.4, -0.2) is 31.5 Å². The first-order chi connectivity index (χ1) is 7.00. The number of amides is 1. The van der Waals surface area contributed by atoms with Gasteiger partial charge in [-0.25, -0.2) is 4.39 Å². The third kappa shape index (κ3) is 3.40. The van der Waals surface area contributed by atoms with Crippen LogP contribution in [0.25, 0.3) is 0 Å². The van der Waals surface area contributed by atoms with Crippen molar-refractivity contribution in [2.24, 2.45) is 0 Å². The molecular weight excluding hydrogens is 221 g/mol. The van der Waals surface area contributed by atoms with E-state index in [9.17, 15) is 9.18 Å². The first kappa shape index (κ1) is 11.8. The molecule has 0 atom stereocenters. The largest absolute Gasteiger partial charge is 0.482 e. The van der Waals surface area contributed by atoms with E-state index in [1.807, 2.05) is 0 Å². The minimum absolute atomic E-state index is 0.113. The number of carbonyl (C=O) groups is 1. The molecule has 15 heavy (non-hydrogen) atoms. The van der Waals surface area contributed by atoms with Gasteiger partial charge in [0.2, 0.25) is 0 Å². The highest BCUT2D eigenvalue weighted by atomic mass is 35.5. The van der Waals surface area contributed by atoms with Crippen LogP contribution in [-0.2, 0) is 4.79 Å². The third-order valence-electron chi connectivity index (χ3n) is 1.74. The molecule has 0 aliphatic heterocycles. The molecule has 1 aromatic carbocycles. The van der Waals surface area contributed by atoms with Crippen LogP contribution in [0, 0.1) is 5.82 Å². The van der Waals surface area contributed by atoms with Gasteiger partial charge in [-0.3, -0.25) is 4.79 Å². The van der Waals surface area contributed by atoms with Crippen LogP contribution in [0.15, 0.2) is 18.2 Å². The van der Waals surface area contributed by atoms with Crippen LogP contribution in [0.3, 0.4) is 0 Å². The fraction of sp³-hybridized carbons (Fsp3) is 0.300. The van der Waals surface area contributed by atoms with Gasteiger partial charge in [-0.05, 0) is 18.2 Å². The number of benzene rings is 1. The summed E-state index contributed by atoms with van der Waals surface area (Å²) in [4.78, 5) is 12.6. The Morgan fingerprint density at radius 2 is 2.20 bits per heavy atom. The Bertz CT molecular complexity index is 368. The fourth-order valence-electron chi connectivity index (χ4n) is 0.861. The number of carbonyl (C=O) groups excluding carboxylic acids is 1. The van der Waals surface area contributed by atoms with E-state index in [2.05, 4.69) is 0 Å². The van der Waals surface area contributed by atoms with Gasteiger partial charge in [0.05, 0.1) is 5.02 Å². The Labute approximate surface area is 92.4 Å². The van der Waals surface area contributed by atoms with Crippen LogP contribution in [0.4, 0.5) is 4.39 Å². The number of nitrogens with zero attached hydrogens (tertiary/aromatic N) is 1. The maximum absolute atomic E-state index is 12.7. The Kier molecular flexibility index (Phi) is 3.91. The van der Waals surface area contributed by atoms with E-state index < -0.39 is 5.82 Å². The zero-order valence-electron chi connectivity index (χ0n) is 8.46. The molecule has 0 aliphatic rings. The lowest BCUT2D eigenvalue weighted by atomic mass is 10.3. The molecule has 0 heterocycles. The third-order valence-corrected chi connectivity index (χ3v) is 2.04. The Morgan fingerprint density at radius 3 is 2.73 bits per heavy atom. The van der Waals surface area contributed by atoms with Crippen molar-refractivity contribution in [1.29, 1.82) is 0 Å². The molecule has 0 fully saturated rings. The topological polar surface area (TPSA) is 29.5 Å². The van der Waals surface area contributed by atoms with Gasteiger partial charge in [0.15, 0.2) is 6.61 Å². The molecule has 0 unspecified atom stereocenters. The summed E-state index contributed by atoms with van der Waals surface area (Å²) in [5.41, 5.74) is 0. The van der Waals surface area contributed by atoms with Crippen LogP contribution < -0.4 is 4.74 Å². The molecule has 0 bridgehead atoms.